The maximum Gasteiger partial charge on any atom is 0.109 e. The lowest BCUT2D eigenvalue weighted by Gasteiger charge is -2.22. The van der Waals surface area contributed by atoms with Gasteiger partial charge in [-0.25, -0.2) is 4.98 Å². The van der Waals surface area contributed by atoms with Crippen LogP contribution in [0.25, 0.3) is 0 Å². The maximum atomic E-state index is 5.95. The maximum absolute atomic E-state index is 5.95. The molecule has 1 aromatic heterocycles. The number of nitrogens with zero attached hydrogens (tertiary/aromatic N) is 1. The lowest BCUT2D eigenvalue weighted by Crippen LogP contribution is -2.24. The number of hydrogen-bond acceptors (Lipinski definition) is 3. The molecule has 0 radical (unpaired) electrons. The highest BCUT2D eigenvalue weighted by Crippen LogP contribution is 2.25. The van der Waals surface area contributed by atoms with Crippen LogP contribution in [-0.2, 0) is 0 Å². The summed E-state index contributed by atoms with van der Waals surface area (Å²) in [6, 6.07) is 8.73. The monoisotopic (exact) mass is 294 g/mol. The molecule has 0 spiro atoms. The third-order valence-electron chi connectivity index (χ3n) is 3.12. The van der Waals surface area contributed by atoms with Gasteiger partial charge < -0.3 is 5.32 Å². The van der Waals surface area contributed by atoms with Crippen LogP contribution in [0.1, 0.15) is 49.3 Å². The predicted molar refractivity (Wildman–Crippen MR) is 82.8 cm³/mol. The second-order valence-electron chi connectivity index (χ2n) is 4.65. The molecule has 2 rings (SSSR count). The molecule has 2 atom stereocenters. The van der Waals surface area contributed by atoms with Crippen LogP contribution in [0.2, 0.25) is 5.02 Å². The number of benzene rings is 1. The molecule has 1 aromatic carbocycles. The number of hydrogen-bond donors (Lipinski definition) is 1. The minimum Gasteiger partial charge on any atom is -0.301 e. The topological polar surface area (TPSA) is 24.9 Å². The highest BCUT2D eigenvalue weighted by atomic mass is 35.5. The van der Waals surface area contributed by atoms with Gasteiger partial charge in [0.1, 0.15) is 5.01 Å². The molecule has 0 saturated heterocycles. The van der Waals surface area contributed by atoms with Crippen LogP contribution < -0.4 is 5.32 Å². The number of nitrogens with one attached hydrogen (secondary N) is 1. The summed E-state index contributed by atoms with van der Waals surface area (Å²) in [6.07, 6.45) is 4.11. The van der Waals surface area contributed by atoms with Gasteiger partial charge in [0.05, 0.1) is 6.04 Å². The Labute approximate surface area is 123 Å². The largest absolute Gasteiger partial charge is 0.301 e. The first-order valence-electron chi connectivity index (χ1n) is 6.61. The summed E-state index contributed by atoms with van der Waals surface area (Å²) in [6.45, 7) is 4.37. The minimum absolute atomic E-state index is 0.271. The van der Waals surface area contributed by atoms with Gasteiger partial charge in [0.2, 0.25) is 0 Å². The van der Waals surface area contributed by atoms with E-state index in [4.69, 9.17) is 11.6 Å². The average molecular weight is 295 g/mol. The summed E-state index contributed by atoms with van der Waals surface area (Å²) in [5.41, 5.74) is 1.29. The molecule has 1 N–H and O–H groups in total. The second-order valence-corrected chi connectivity index (χ2v) is 6.01. The summed E-state index contributed by atoms with van der Waals surface area (Å²) in [7, 11) is 0. The van der Waals surface area contributed by atoms with Crippen molar-refractivity contribution in [3.05, 3.63) is 51.4 Å². The third-order valence-corrected chi connectivity index (χ3v) is 4.33. The van der Waals surface area contributed by atoms with Crippen molar-refractivity contribution >= 4 is 22.9 Å². The summed E-state index contributed by atoms with van der Waals surface area (Å²) < 4.78 is 0. The highest BCUT2D eigenvalue weighted by Gasteiger charge is 2.16. The number of rotatable bonds is 6. The molecule has 19 heavy (non-hydrogen) atoms. The summed E-state index contributed by atoms with van der Waals surface area (Å²) in [5.74, 6) is 0. The molecule has 2 nitrogen and oxygen atoms in total. The molecule has 0 aliphatic heterocycles. The van der Waals surface area contributed by atoms with Gasteiger partial charge in [0.15, 0.2) is 0 Å². The Bertz CT molecular complexity index is 481. The predicted octanol–water partition coefficient (Wildman–Crippen LogP) is 4.99. The SMILES string of the molecule is CCCC(NC(C)c1nccs1)c1ccc(Cl)cc1. The molecule has 2 aromatic rings. The van der Waals surface area contributed by atoms with Gasteiger partial charge in [-0.2, -0.15) is 0 Å². The molecule has 0 amide bonds. The molecule has 2 unspecified atom stereocenters. The van der Waals surface area contributed by atoms with E-state index in [0.717, 1.165) is 22.9 Å². The Balaban J connectivity index is 2.09. The molecule has 0 bridgehead atoms. The van der Waals surface area contributed by atoms with Crippen LogP contribution in [0, 0.1) is 0 Å². The van der Waals surface area contributed by atoms with E-state index in [1.807, 2.05) is 23.7 Å². The Morgan fingerprint density at radius 2 is 2.05 bits per heavy atom. The van der Waals surface area contributed by atoms with E-state index in [-0.39, 0.29) is 6.04 Å². The summed E-state index contributed by atoms with van der Waals surface area (Å²) in [5, 5.41) is 7.60. The van der Waals surface area contributed by atoms with Crippen molar-refractivity contribution in [3.8, 4) is 0 Å². The van der Waals surface area contributed by atoms with Crippen molar-refractivity contribution in [2.75, 3.05) is 0 Å². The van der Waals surface area contributed by atoms with Crippen molar-refractivity contribution in [1.82, 2.24) is 10.3 Å². The van der Waals surface area contributed by atoms with Gasteiger partial charge in [0.25, 0.3) is 0 Å². The van der Waals surface area contributed by atoms with E-state index in [1.165, 1.54) is 5.56 Å². The first kappa shape index (κ1) is 14.5. The number of thiazole rings is 1. The second kappa shape index (κ2) is 7.04. The summed E-state index contributed by atoms with van der Waals surface area (Å²) >= 11 is 7.65. The van der Waals surface area contributed by atoms with Crippen molar-refractivity contribution in [2.24, 2.45) is 0 Å². The smallest absolute Gasteiger partial charge is 0.109 e. The van der Waals surface area contributed by atoms with Crippen LogP contribution in [0.5, 0.6) is 0 Å². The average Bonchev–Trinajstić information content (AvgIpc) is 2.93. The van der Waals surface area contributed by atoms with Crippen molar-refractivity contribution < 1.29 is 0 Å². The molecule has 4 heteroatoms. The molecule has 0 aliphatic carbocycles. The van der Waals surface area contributed by atoms with Gasteiger partial charge in [-0.3, -0.25) is 0 Å². The van der Waals surface area contributed by atoms with E-state index in [1.54, 1.807) is 11.3 Å². The standard InChI is InChI=1S/C15H19ClN2S/c1-3-4-14(12-5-7-13(16)8-6-12)18-11(2)15-17-9-10-19-15/h5-11,14,18H,3-4H2,1-2H3. The molecule has 0 aliphatic rings. The van der Waals surface area contributed by atoms with E-state index in [9.17, 15) is 0 Å². The fourth-order valence-electron chi connectivity index (χ4n) is 2.15. The lowest BCUT2D eigenvalue weighted by molar-refractivity contribution is 0.438. The minimum atomic E-state index is 0.271. The Morgan fingerprint density at radius 1 is 1.32 bits per heavy atom. The Hall–Kier alpha value is -0.900. The van der Waals surface area contributed by atoms with E-state index in [2.05, 4.69) is 36.3 Å². The fraction of sp³-hybridized carbons (Fsp3) is 0.400. The zero-order chi connectivity index (χ0) is 13.7. The van der Waals surface area contributed by atoms with Gasteiger partial charge >= 0.3 is 0 Å². The molecule has 102 valence electrons. The molecular formula is C15H19ClN2S. The molecular weight excluding hydrogens is 276 g/mol. The molecule has 0 saturated carbocycles. The first-order valence-corrected chi connectivity index (χ1v) is 7.87. The van der Waals surface area contributed by atoms with Crippen molar-refractivity contribution in [3.63, 3.8) is 0 Å². The first-order chi connectivity index (χ1) is 9.20. The quantitative estimate of drug-likeness (QED) is 0.812. The van der Waals surface area contributed by atoms with E-state index < -0.39 is 0 Å². The molecule has 1 heterocycles. The molecule has 0 fully saturated rings. The zero-order valence-corrected chi connectivity index (χ0v) is 12.8. The number of halogens is 1. The normalized spacial score (nSPS) is 14.3. The fourth-order valence-corrected chi connectivity index (χ4v) is 2.93. The van der Waals surface area contributed by atoms with E-state index >= 15 is 0 Å². The van der Waals surface area contributed by atoms with E-state index in [0.29, 0.717) is 6.04 Å². The summed E-state index contributed by atoms with van der Waals surface area (Å²) in [4.78, 5) is 4.37. The Morgan fingerprint density at radius 3 is 2.63 bits per heavy atom. The van der Waals surface area contributed by atoms with Crippen molar-refractivity contribution in [2.45, 2.75) is 38.8 Å². The van der Waals surface area contributed by atoms with Crippen LogP contribution >= 0.6 is 22.9 Å². The van der Waals surface area contributed by atoms with Crippen LogP contribution in [-0.4, -0.2) is 4.98 Å². The lowest BCUT2D eigenvalue weighted by atomic mass is 10.0. The highest BCUT2D eigenvalue weighted by molar-refractivity contribution is 7.09. The zero-order valence-electron chi connectivity index (χ0n) is 11.3. The van der Waals surface area contributed by atoms with Crippen LogP contribution in [0.15, 0.2) is 35.8 Å². The third kappa shape index (κ3) is 4.03. The van der Waals surface area contributed by atoms with Gasteiger partial charge in [0, 0.05) is 22.6 Å². The van der Waals surface area contributed by atoms with Gasteiger partial charge in [-0.05, 0) is 31.0 Å². The van der Waals surface area contributed by atoms with Crippen LogP contribution in [0.3, 0.4) is 0 Å². The van der Waals surface area contributed by atoms with Gasteiger partial charge in [-0.15, -0.1) is 11.3 Å². The van der Waals surface area contributed by atoms with Crippen LogP contribution in [0.4, 0.5) is 0 Å². The van der Waals surface area contributed by atoms with Gasteiger partial charge in [-0.1, -0.05) is 37.1 Å². The van der Waals surface area contributed by atoms with Crippen molar-refractivity contribution in [1.29, 1.82) is 0 Å². The number of aromatic nitrogens is 1. The Kier molecular flexibility index (Phi) is 5.37.